The molecule has 2 N–H and O–H groups in total. The Bertz CT molecular complexity index is 411. The standard InChI is InChI=1S/C12H17BrN2OS.ClH/c1-8(14)9-3-2-4-15(6-9)12(16)11-5-10(13)7-17-11;/h5,7-9H,2-4,6,14H2,1H3;1H. The lowest BCUT2D eigenvalue weighted by Gasteiger charge is -2.34. The molecule has 0 aliphatic carbocycles. The molecule has 1 fully saturated rings. The van der Waals surface area contributed by atoms with Gasteiger partial charge < -0.3 is 10.6 Å². The maximum atomic E-state index is 12.3. The van der Waals surface area contributed by atoms with Crippen LogP contribution in [0.15, 0.2) is 15.9 Å². The summed E-state index contributed by atoms with van der Waals surface area (Å²) in [5.41, 5.74) is 5.93. The summed E-state index contributed by atoms with van der Waals surface area (Å²) in [7, 11) is 0. The van der Waals surface area contributed by atoms with Crippen molar-refractivity contribution in [1.82, 2.24) is 4.90 Å². The van der Waals surface area contributed by atoms with Gasteiger partial charge in [0, 0.05) is 29.0 Å². The Hall–Kier alpha value is -0.100. The molecule has 2 atom stereocenters. The minimum absolute atomic E-state index is 0. The van der Waals surface area contributed by atoms with Gasteiger partial charge in [-0.25, -0.2) is 0 Å². The number of nitrogens with two attached hydrogens (primary N) is 1. The third kappa shape index (κ3) is 3.70. The second-order valence-electron chi connectivity index (χ2n) is 4.64. The van der Waals surface area contributed by atoms with Crippen LogP contribution in [0.5, 0.6) is 0 Å². The van der Waals surface area contributed by atoms with Crippen molar-refractivity contribution in [1.29, 1.82) is 0 Å². The van der Waals surface area contributed by atoms with Gasteiger partial charge in [0.15, 0.2) is 0 Å². The first kappa shape index (κ1) is 16.0. The van der Waals surface area contributed by atoms with Gasteiger partial charge in [-0.1, -0.05) is 0 Å². The number of rotatable bonds is 2. The molecule has 2 rings (SSSR count). The molecule has 1 amide bonds. The van der Waals surface area contributed by atoms with Crippen molar-refractivity contribution >= 4 is 45.6 Å². The van der Waals surface area contributed by atoms with E-state index < -0.39 is 0 Å². The van der Waals surface area contributed by atoms with E-state index in [4.69, 9.17) is 5.73 Å². The van der Waals surface area contributed by atoms with Gasteiger partial charge in [-0.15, -0.1) is 23.7 Å². The number of halogens is 2. The van der Waals surface area contributed by atoms with Gasteiger partial charge in [0.25, 0.3) is 5.91 Å². The van der Waals surface area contributed by atoms with Gasteiger partial charge in [0.05, 0.1) is 4.88 Å². The Balaban J connectivity index is 0.00000162. The van der Waals surface area contributed by atoms with Gasteiger partial charge in [-0.05, 0) is 47.7 Å². The van der Waals surface area contributed by atoms with E-state index in [-0.39, 0.29) is 24.4 Å². The third-order valence-corrected chi connectivity index (χ3v) is 4.95. The van der Waals surface area contributed by atoms with E-state index in [0.717, 1.165) is 35.3 Å². The van der Waals surface area contributed by atoms with E-state index in [0.29, 0.717) is 5.92 Å². The van der Waals surface area contributed by atoms with E-state index in [1.807, 2.05) is 23.3 Å². The number of piperidine rings is 1. The summed E-state index contributed by atoms with van der Waals surface area (Å²) in [4.78, 5) is 15.0. The molecule has 0 aromatic carbocycles. The molecule has 18 heavy (non-hydrogen) atoms. The first-order valence-corrected chi connectivity index (χ1v) is 7.54. The van der Waals surface area contributed by atoms with Crippen molar-refractivity contribution in [3.05, 3.63) is 20.8 Å². The number of carbonyl (C=O) groups is 1. The van der Waals surface area contributed by atoms with E-state index in [1.54, 1.807) is 0 Å². The topological polar surface area (TPSA) is 46.3 Å². The van der Waals surface area contributed by atoms with E-state index in [1.165, 1.54) is 11.3 Å². The molecule has 2 heterocycles. The number of carbonyl (C=O) groups excluding carboxylic acids is 1. The highest BCUT2D eigenvalue weighted by Gasteiger charge is 2.26. The van der Waals surface area contributed by atoms with Crippen LogP contribution in [0, 0.1) is 5.92 Å². The molecule has 0 bridgehead atoms. The second-order valence-corrected chi connectivity index (χ2v) is 6.47. The van der Waals surface area contributed by atoms with Crippen LogP contribution in [0.3, 0.4) is 0 Å². The summed E-state index contributed by atoms with van der Waals surface area (Å²) < 4.78 is 0.978. The predicted molar refractivity (Wildman–Crippen MR) is 81.5 cm³/mol. The summed E-state index contributed by atoms with van der Waals surface area (Å²) in [6.07, 6.45) is 2.19. The van der Waals surface area contributed by atoms with E-state index in [2.05, 4.69) is 15.9 Å². The molecule has 1 saturated heterocycles. The lowest BCUT2D eigenvalue weighted by atomic mass is 9.92. The highest BCUT2D eigenvalue weighted by Crippen LogP contribution is 2.24. The Morgan fingerprint density at radius 2 is 2.39 bits per heavy atom. The van der Waals surface area contributed by atoms with Crippen molar-refractivity contribution in [3.63, 3.8) is 0 Å². The van der Waals surface area contributed by atoms with Crippen LogP contribution >= 0.6 is 39.7 Å². The van der Waals surface area contributed by atoms with Gasteiger partial charge in [-0.2, -0.15) is 0 Å². The number of hydrogen-bond donors (Lipinski definition) is 1. The normalized spacial score (nSPS) is 21.3. The molecule has 1 aliphatic rings. The minimum Gasteiger partial charge on any atom is -0.338 e. The monoisotopic (exact) mass is 352 g/mol. The summed E-state index contributed by atoms with van der Waals surface area (Å²) >= 11 is 4.87. The lowest BCUT2D eigenvalue weighted by Crippen LogP contribution is -2.44. The molecular weight excluding hydrogens is 336 g/mol. The largest absolute Gasteiger partial charge is 0.338 e. The van der Waals surface area contributed by atoms with Gasteiger partial charge in [0.2, 0.25) is 0 Å². The van der Waals surface area contributed by atoms with Crippen LogP contribution in [0.1, 0.15) is 29.4 Å². The van der Waals surface area contributed by atoms with Crippen LogP contribution in [0.2, 0.25) is 0 Å². The Morgan fingerprint density at radius 1 is 1.67 bits per heavy atom. The molecule has 3 nitrogen and oxygen atoms in total. The highest BCUT2D eigenvalue weighted by atomic mass is 79.9. The Labute approximate surface area is 126 Å². The van der Waals surface area contributed by atoms with Crippen LogP contribution in [-0.2, 0) is 0 Å². The van der Waals surface area contributed by atoms with Crippen molar-refractivity contribution in [3.8, 4) is 0 Å². The van der Waals surface area contributed by atoms with E-state index in [9.17, 15) is 4.79 Å². The fourth-order valence-electron chi connectivity index (χ4n) is 2.20. The first-order chi connectivity index (χ1) is 8.08. The number of nitrogens with zero attached hydrogens (tertiary/aromatic N) is 1. The number of thiophene rings is 1. The van der Waals surface area contributed by atoms with Crippen LogP contribution in [0.25, 0.3) is 0 Å². The highest BCUT2D eigenvalue weighted by molar-refractivity contribution is 9.10. The van der Waals surface area contributed by atoms with Crippen molar-refractivity contribution in [2.45, 2.75) is 25.8 Å². The zero-order chi connectivity index (χ0) is 12.4. The molecule has 0 spiro atoms. The van der Waals surface area contributed by atoms with Crippen LogP contribution < -0.4 is 5.73 Å². The number of hydrogen-bond acceptors (Lipinski definition) is 3. The quantitative estimate of drug-likeness (QED) is 0.888. The van der Waals surface area contributed by atoms with Gasteiger partial charge in [-0.3, -0.25) is 4.79 Å². The average molecular weight is 354 g/mol. The Morgan fingerprint density at radius 3 is 2.94 bits per heavy atom. The van der Waals surface area contributed by atoms with Gasteiger partial charge >= 0.3 is 0 Å². The summed E-state index contributed by atoms with van der Waals surface area (Å²) in [5, 5.41) is 1.94. The smallest absolute Gasteiger partial charge is 0.263 e. The SMILES string of the molecule is CC(N)C1CCCN(C(=O)c2cc(Br)cs2)C1.Cl. The maximum absolute atomic E-state index is 12.3. The van der Waals surface area contributed by atoms with Crippen molar-refractivity contribution < 1.29 is 4.79 Å². The number of likely N-dealkylation sites (tertiary alicyclic amines) is 1. The maximum Gasteiger partial charge on any atom is 0.263 e. The zero-order valence-corrected chi connectivity index (χ0v) is 13.5. The molecule has 102 valence electrons. The third-order valence-electron chi connectivity index (χ3n) is 3.27. The fraction of sp³-hybridized carbons (Fsp3) is 0.583. The second kappa shape index (κ2) is 6.89. The first-order valence-electron chi connectivity index (χ1n) is 5.87. The average Bonchev–Trinajstić information content (AvgIpc) is 2.75. The molecular formula is C12H18BrClN2OS. The summed E-state index contributed by atoms with van der Waals surface area (Å²) in [5.74, 6) is 0.585. The predicted octanol–water partition coefficient (Wildman–Crippen LogP) is 3.13. The molecule has 0 saturated carbocycles. The Kier molecular flexibility index (Phi) is 6.11. The lowest BCUT2D eigenvalue weighted by molar-refractivity contribution is 0.0666. The minimum atomic E-state index is 0. The molecule has 1 aromatic rings. The zero-order valence-electron chi connectivity index (χ0n) is 10.3. The fourth-order valence-corrected chi connectivity index (χ4v) is 3.60. The molecule has 2 unspecified atom stereocenters. The summed E-state index contributed by atoms with van der Waals surface area (Å²) in [6.45, 7) is 3.68. The van der Waals surface area contributed by atoms with Crippen molar-refractivity contribution in [2.24, 2.45) is 11.7 Å². The van der Waals surface area contributed by atoms with E-state index >= 15 is 0 Å². The van der Waals surface area contributed by atoms with Gasteiger partial charge in [0.1, 0.15) is 0 Å². The molecule has 1 aromatic heterocycles. The van der Waals surface area contributed by atoms with Crippen LogP contribution in [-0.4, -0.2) is 29.9 Å². The molecule has 1 aliphatic heterocycles. The van der Waals surface area contributed by atoms with Crippen LogP contribution in [0.4, 0.5) is 0 Å². The molecule has 6 heteroatoms. The number of amides is 1. The molecule has 0 radical (unpaired) electrons. The summed E-state index contributed by atoms with van der Waals surface area (Å²) in [6, 6.07) is 2.06. The van der Waals surface area contributed by atoms with Crippen molar-refractivity contribution in [2.75, 3.05) is 13.1 Å².